The Kier molecular flexibility index (Phi) is 3.08. The largest absolute Gasteiger partial charge is 0.466 e. The SMILES string of the molecule is CCOC(=O)C1[C@H]2CN(Cc3ccccc3)C[C@H]12. The lowest BCUT2D eigenvalue weighted by molar-refractivity contribution is -0.145. The summed E-state index contributed by atoms with van der Waals surface area (Å²) in [5, 5.41) is 0. The molecule has 96 valence electrons. The first kappa shape index (κ1) is 11.7. The number of rotatable bonds is 4. The quantitative estimate of drug-likeness (QED) is 0.759. The van der Waals surface area contributed by atoms with Crippen molar-refractivity contribution in [3.8, 4) is 0 Å². The Hall–Kier alpha value is -1.35. The Morgan fingerprint density at radius 2 is 1.94 bits per heavy atom. The van der Waals surface area contributed by atoms with Crippen molar-refractivity contribution in [3.05, 3.63) is 35.9 Å². The van der Waals surface area contributed by atoms with E-state index in [0.29, 0.717) is 18.4 Å². The second-order valence-corrected chi connectivity index (χ2v) is 5.29. The Morgan fingerprint density at radius 3 is 2.56 bits per heavy atom. The van der Waals surface area contributed by atoms with Gasteiger partial charge in [-0.15, -0.1) is 0 Å². The monoisotopic (exact) mass is 245 g/mol. The van der Waals surface area contributed by atoms with Crippen LogP contribution in [-0.2, 0) is 16.1 Å². The fourth-order valence-corrected chi connectivity index (χ4v) is 3.17. The third-order valence-electron chi connectivity index (χ3n) is 4.08. The zero-order chi connectivity index (χ0) is 12.5. The normalized spacial score (nSPS) is 29.9. The molecule has 18 heavy (non-hydrogen) atoms. The van der Waals surface area contributed by atoms with E-state index in [0.717, 1.165) is 19.6 Å². The summed E-state index contributed by atoms with van der Waals surface area (Å²) < 4.78 is 5.10. The molecule has 3 heteroatoms. The van der Waals surface area contributed by atoms with Crippen molar-refractivity contribution < 1.29 is 9.53 Å². The fourth-order valence-electron chi connectivity index (χ4n) is 3.17. The van der Waals surface area contributed by atoms with Crippen LogP contribution in [-0.4, -0.2) is 30.6 Å². The van der Waals surface area contributed by atoms with Crippen LogP contribution in [0.5, 0.6) is 0 Å². The summed E-state index contributed by atoms with van der Waals surface area (Å²) in [7, 11) is 0. The Labute approximate surface area is 108 Å². The predicted octanol–water partition coefficient (Wildman–Crippen LogP) is 1.93. The predicted molar refractivity (Wildman–Crippen MR) is 68.8 cm³/mol. The third-order valence-corrected chi connectivity index (χ3v) is 4.08. The van der Waals surface area contributed by atoms with Gasteiger partial charge in [0.2, 0.25) is 0 Å². The molecule has 1 aromatic rings. The van der Waals surface area contributed by atoms with E-state index >= 15 is 0 Å². The van der Waals surface area contributed by atoms with E-state index in [1.165, 1.54) is 5.56 Å². The van der Waals surface area contributed by atoms with Gasteiger partial charge in [0.15, 0.2) is 0 Å². The molecule has 0 radical (unpaired) electrons. The van der Waals surface area contributed by atoms with E-state index in [4.69, 9.17) is 4.74 Å². The van der Waals surface area contributed by atoms with Crippen LogP contribution in [0.3, 0.4) is 0 Å². The minimum atomic E-state index is 0.0202. The summed E-state index contributed by atoms with van der Waals surface area (Å²) in [4.78, 5) is 14.1. The molecule has 0 N–H and O–H groups in total. The standard InChI is InChI=1S/C15H19NO2/c1-2-18-15(17)14-12-9-16(10-13(12)14)8-11-6-4-3-5-7-11/h3-7,12-14H,2,8-10H2,1H3/t12-,13-/m0/s1. The van der Waals surface area contributed by atoms with E-state index in [1.54, 1.807) is 0 Å². The van der Waals surface area contributed by atoms with Crippen LogP contribution in [0.15, 0.2) is 30.3 Å². The molecule has 3 nitrogen and oxygen atoms in total. The van der Waals surface area contributed by atoms with E-state index in [-0.39, 0.29) is 11.9 Å². The third kappa shape index (κ3) is 2.15. The van der Waals surface area contributed by atoms with Crippen molar-refractivity contribution in [1.82, 2.24) is 4.90 Å². The Bertz CT molecular complexity index is 419. The molecular weight excluding hydrogens is 226 g/mol. The zero-order valence-corrected chi connectivity index (χ0v) is 10.7. The second-order valence-electron chi connectivity index (χ2n) is 5.29. The number of hydrogen-bond donors (Lipinski definition) is 0. The number of ether oxygens (including phenoxy) is 1. The first-order valence-electron chi connectivity index (χ1n) is 6.72. The minimum Gasteiger partial charge on any atom is -0.466 e. The van der Waals surface area contributed by atoms with Gasteiger partial charge in [-0.3, -0.25) is 9.69 Å². The lowest BCUT2D eigenvalue weighted by Crippen LogP contribution is -2.26. The summed E-state index contributed by atoms with van der Waals surface area (Å²) in [6, 6.07) is 10.5. The van der Waals surface area contributed by atoms with E-state index in [1.807, 2.05) is 13.0 Å². The molecule has 2 fully saturated rings. The molecule has 0 unspecified atom stereocenters. The van der Waals surface area contributed by atoms with Crippen molar-refractivity contribution in [2.24, 2.45) is 17.8 Å². The molecule has 3 rings (SSSR count). The molecule has 0 amide bonds. The van der Waals surface area contributed by atoms with Crippen LogP contribution >= 0.6 is 0 Å². The molecule has 2 atom stereocenters. The van der Waals surface area contributed by atoms with Crippen molar-refractivity contribution in [1.29, 1.82) is 0 Å². The molecule has 2 aliphatic rings. The molecule has 1 aliphatic heterocycles. The molecule has 1 heterocycles. The molecule has 0 aromatic heterocycles. The first-order chi connectivity index (χ1) is 8.79. The average Bonchev–Trinajstić information content (AvgIpc) is 2.88. The maximum absolute atomic E-state index is 11.6. The fraction of sp³-hybridized carbons (Fsp3) is 0.533. The molecular formula is C15H19NO2. The molecule has 1 saturated heterocycles. The molecule has 0 spiro atoms. The van der Waals surface area contributed by atoms with Crippen LogP contribution in [0.1, 0.15) is 12.5 Å². The van der Waals surface area contributed by atoms with Crippen molar-refractivity contribution >= 4 is 5.97 Å². The highest BCUT2D eigenvalue weighted by Gasteiger charge is 2.59. The molecule has 1 aromatic carbocycles. The van der Waals surface area contributed by atoms with Crippen molar-refractivity contribution in [3.63, 3.8) is 0 Å². The number of esters is 1. The number of piperidine rings is 1. The maximum atomic E-state index is 11.6. The number of carbonyl (C=O) groups excluding carboxylic acids is 1. The summed E-state index contributed by atoms with van der Waals surface area (Å²) in [5.74, 6) is 1.31. The number of likely N-dealkylation sites (tertiary alicyclic amines) is 1. The van der Waals surface area contributed by atoms with Gasteiger partial charge in [-0.2, -0.15) is 0 Å². The van der Waals surface area contributed by atoms with Gasteiger partial charge in [-0.25, -0.2) is 0 Å². The highest BCUT2D eigenvalue weighted by molar-refractivity contribution is 5.77. The van der Waals surface area contributed by atoms with E-state index < -0.39 is 0 Å². The number of fused-ring (bicyclic) bond motifs is 1. The van der Waals surface area contributed by atoms with Crippen LogP contribution in [0, 0.1) is 17.8 Å². The summed E-state index contributed by atoms with van der Waals surface area (Å²) in [6.45, 7) is 5.47. The van der Waals surface area contributed by atoms with Crippen LogP contribution in [0.4, 0.5) is 0 Å². The maximum Gasteiger partial charge on any atom is 0.309 e. The molecule has 0 bridgehead atoms. The number of carbonyl (C=O) groups is 1. The van der Waals surface area contributed by atoms with Gasteiger partial charge in [0.1, 0.15) is 0 Å². The number of nitrogens with zero attached hydrogens (tertiary/aromatic N) is 1. The minimum absolute atomic E-state index is 0.0202. The first-order valence-corrected chi connectivity index (χ1v) is 6.72. The number of hydrogen-bond acceptors (Lipinski definition) is 3. The molecule has 1 aliphatic carbocycles. The number of benzene rings is 1. The smallest absolute Gasteiger partial charge is 0.309 e. The average molecular weight is 245 g/mol. The van der Waals surface area contributed by atoms with Crippen molar-refractivity contribution in [2.45, 2.75) is 13.5 Å². The second kappa shape index (κ2) is 4.73. The zero-order valence-electron chi connectivity index (χ0n) is 10.7. The summed E-state index contributed by atoms with van der Waals surface area (Å²) in [5.41, 5.74) is 1.35. The summed E-state index contributed by atoms with van der Waals surface area (Å²) >= 11 is 0. The molecule has 1 saturated carbocycles. The lowest BCUT2D eigenvalue weighted by Gasteiger charge is -2.19. The Morgan fingerprint density at radius 1 is 1.28 bits per heavy atom. The Balaban J connectivity index is 1.51. The van der Waals surface area contributed by atoms with E-state index in [2.05, 4.69) is 29.2 Å². The summed E-state index contributed by atoms with van der Waals surface area (Å²) in [6.07, 6.45) is 0. The van der Waals surface area contributed by atoms with Crippen LogP contribution in [0.2, 0.25) is 0 Å². The van der Waals surface area contributed by atoms with Gasteiger partial charge >= 0.3 is 5.97 Å². The van der Waals surface area contributed by atoms with Crippen LogP contribution < -0.4 is 0 Å². The van der Waals surface area contributed by atoms with Gasteiger partial charge in [0, 0.05) is 19.6 Å². The van der Waals surface area contributed by atoms with E-state index in [9.17, 15) is 4.79 Å². The van der Waals surface area contributed by atoms with Gasteiger partial charge in [-0.1, -0.05) is 30.3 Å². The topological polar surface area (TPSA) is 29.5 Å². The van der Waals surface area contributed by atoms with Crippen LogP contribution in [0.25, 0.3) is 0 Å². The van der Waals surface area contributed by atoms with Gasteiger partial charge in [0.05, 0.1) is 12.5 Å². The lowest BCUT2D eigenvalue weighted by atomic mass is 10.2. The van der Waals surface area contributed by atoms with Gasteiger partial charge in [0.25, 0.3) is 0 Å². The van der Waals surface area contributed by atoms with Crippen molar-refractivity contribution in [2.75, 3.05) is 19.7 Å². The highest BCUT2D eigenvalue weighted by atomic mass is 16.5. The van der Waals surface area contributed by atoms with Gasteiger partial charge < -0.3 is 4.74 Å². The highest BCUT2D eigenvalue weighted by Crippen LogP contribution is 2.52. The van der Waals surface area contributed by atoms with Gasteiger partial charge in [-0.05, 0) is 24.3 Å².